The van der Waals surface area contributed by atoms with E-state index in [2.05, 4.69) is 20.9 Å². The highest BCUT2D eigenvalue weighted by Crippen LogP contribution is 2.22. The molecule has 0 saturated carbocycles. The summed E-state index contributed by atoms with van der Waals surface area (Å²) in [6.45, 7) is 7.80. The van der Waals surface area contributed by atoms with Crippen LogP contribution in [0.1, 0.15) is 27.2 Å². The Morgan fingerprint density at radius 3 is 2.42 bits per heavy atom. The fourth-order valence-electron chi connectivity index (χ4n) is 3.96. The molecular formula is C22H24FN5O3. The smallest absolute Gasteiger partial charge is 0.333 e. The zero-order valence-electron chi connectivity index (χ0n) is 17.6. The maximum absolute atomic E-state index is 14.8. The predicted octanol–water partition coefficient (Wildman–Crippen LogP) is 2.29. The van der Waals surface area contributed by atoms with E-state index in [0.29, 0.717) is 26.2 Å². The summed E-state index contributed by atoms with van der Waals surface area (Å²) in [5.41, 5.74) is 1.93. The number of rotatable bonds is 3. The normalized spacial score (nSPS) is 14.2. The number of aromatic amines is 1. The average molecular weight is 425 g/mol. The molecule has 31 heavy (non-hydrogen) atoms. The summed E-state index contributed by atoms with van der Waals surface area (Å²) < 4.78 is 15.8. The van der Waals surface area contributed by atoms with Gasteiger partial charge >= 0.3 is 5.69 Å². The van der Waals surface area contributed by atoms with Crippen molar-refractivity contribution < 1.29 is 14.3 Å². The molecule has 3 aromatic rings. The molecule has 1 aliphatic heterocycles. The van der Waals surface area contributed by atoms with E-state index in [1.165, 1.54) is 19.1 Å². The van der Waals surface area contributed by atoms with Crippen LogP contribution in [0.15, 0.2) is 35.3 Å². The van der Waals surface area contributed by atoms with Crippen molar-refractivity contribution >= 4 is 11.7 Å². The van der Waals surface area contributed by atoms with E-state index < -0.39 is 11.5 Å². The molecule has 3 heterocycles. The van der Waals surface area contributed by atoms with Gasteiger partial charge in [-0.2, -0.15) is 0 Å². The molecule has 0 atom stereocenters. The molecule has 1 fully saturated rings. The van der Waals surface area contributed by atoms with Crippen molar-refractivity contribution in [3.8, 4) is 11.6 Å². The Morgan fingerprint density at radius 2 is 1.84 bits per heavy atom. The first-order valence-corrected chi connectivity index (χ1v) is 10.0. The number of aromatic nitrogens is 3. The number of hydrogen-bond donors (Lipinski definition) is 2. The van der Waals surface area contributed by atoms with E-state index in [4.69, 9.17) is 0 Å². The largest absolute Gasteiger partial charge is 0.493 e. The van der Waals surface area contributed by atoms with Crippen LogP contribution in [0, 0.1) is 26.6 Å². The number of halogens is 1. The molecular weight excluding hydrogens is 401 g/mol. The van der Waals surface area contributed by atoms with Crippen LogP contribution in [-0.2, 0) is 0 Å². The van der Waals surface area contributed by atoms with Crippen molar-refractivity contribution in [1.29, 1.82) is 0 Å². The molecule has 8 nitrogen and oxygen atoms in total. The Labute approximate surface area is 178 Å². The number of aryl methyl sites for hydroxylation is 2. The number of amides is 1. The quantitative estimate of drug-likeness (QED) is 0.672. The van der Waals surface area contributed by atoms with Gasteiger partial charge in [0.15, 0.2) is 0 Å². The summed E-state index contributed by atoms with van der Waals surface area (Å²) in [6, 6.07) is 6.09. The summed E-state index contributed by atoms with van der Waals surface area (Å²) >= 11 is 0. The van der Waals surface area contributed by atoms with Gasteiger partial charge in [-0.15, -0.1) is 0 Å². The number of H-pyrrole nitrogens is 1. The molecule has 0 spiro atoms. The molecule has 1 amide bonds. The Kier molecular flexibility index (Phi) is 5.26. The van der Waals surface area contributed by atoms with Gasteiger partial charge in [-0.3, -0.25) is 14.3 Å². The van der Waals surface area contributed by atoms with Crippen molar-refractivity contribution in [3.05, 3.63) is 69.1 Å². The summed E-state index contributed by atoms with van der Waals surface area (Å²) in [4.78, 5) is 35.5. The van der Waals surface area contributed by atoms with E-state index in [9.17, 15) is 19.1 Å². The number of aromatic hydroxyl groups is 1. The highest BCUT2D eigenvalue weighted by molar-refractivity contribution is 5.94. The number of carbonyl (C=O) groups excluding carboxylic acids is 1. The standard InChI is InChI=1S/C22H24FN5O3/c1-13-10-14(2)19(24-12-13)26-6-8-27(9-7-26)21(30)16-4-5-18(17(23)11-16)28-15(3)20(29)25-22(28)31/h4-5,10-12,29H,6-9H2,1-3H3,(H,25,31). The Balaban J connectivity index is 1.49. The van der Waals surface area contributed by atoms with Crippen molar-refractivity contribution in [2.24, 2.45) is 0 Å². The van der Waals surface area contributed by atoms with Crippen molar-refractivity contribution in [3.63, 3.8) is 0 Å². The number of imidazole rings is 1. The fourth-order valence-corrected chi connectivity index (χ4v) is 3.96. The lowest BCUT2D eigenvalue weighted by Gasteiger charge is -2.36. The van der Waals surface area contributed by atoms with Gasteiger partial charge in [0.25, 0.3) is 5.91 Å². The second-order valence-electron chi connectivity index (χ2n) is 7.80. The van der Waals surface area contributed by atoms with Gasteiger partial charge in [0.2, 0.25) is 5.88 Å². The molecule has 9 heteroatoms. The molecule has 2 N–H and O–H groups in total. The Hall–Kier alpha value is -3.62. The molecule has 0 radical (unpaired) electrons. The molecule has 0 aliphatic carbocycles. The van der Waals surface area contributed by atoms with E-state index in [1.54, 1.807) is 4.90 Å². The van der Waals surface area contributed by atoms with E-state index >= 15 is 0 Å². The first-order chi connectivity index (χ1) is 14.8. The Bertz CT molecular complexity index is 1210. The summed E-state index contributed by atoms with van der Waals surface area (Å²) in [7, 11) is 0. The lowest BCUT2D eigenvalue weighted by Crippen LogP contribution is -2.49. The zero-order chi connectivity index (χ0) is 22.3. The maximum Gasteiger partial charge on any atom is 0.333 e. The summed E-state index contributed by atoms with van der Waals surface area (Å²) in [5, 5.41) is 9.65. The molecule has 0 unspecified atom stereocenters. The molecule has 1 aromatic carbocycles. The third kappa shape index (κ3) is 3.78. The van der Waals surface area contributed by atoms with Gasteiger partial charge in [-0.1, -0.05) is 6.07 Å². The second kappa shape index (κ2) is 7.90. The van der Waals surface area contributed by atoms with Crippen molar-refractivity contribution in [1.82, 2.24) is 19.4 Å². The van der Waals surface area contributed by atoms with Crippen LogP contribution in [0.4, 0.5) is 10.2 Å². The number of piperazine rings is 1. The number of nitrogens with zero attached hydrogens (tertiary/aromatic N) is 4. The van der Waals surface area contributed by atoms with E-state index in [0.717, 1.165) is 27.6 Å². The SMILES string of the molecule is Cc1cnc(N2CCN(C(=O)c3ccc(-n4c(C)c(O)[nH]c4=O)c(F)c3)CC2)c(C)c1. The monoisotopic (exact) mass is 425 g/mol. The number of hydrogen-bond acceptors (Lipinski definition) is 5. The van der Waals surface area contributed by atoms with Crippen LogP contribution in [0.5, 0.6) is 5.88 Å². The Morgan fingerprint density at radius 1 is 1.13 bits per heavy atom. The van der Waals surface area contributed by atoms with Crippen LogP contribution in [0.2, 0.25) is 0 Å². The van der Waals surface area contributed by atoms with Crippen LogP contribution in [0.25, 0.3) is 5.69 Å². The van der Waals surface area contributed by atoms with Crippen molar-refractivity contribution in [2.75, 3.05) is 31.1 Å². The van der Waals surface area contributed by atoms with Gasteiger partial charge in [0.1, 0.15) is 11.6 Å². The third-order valence-corrected chi connectivity index (χ3v) is 5.60. The first kappa shape index (κ1) is 20.6. The molecule has 1 aliphatic rings. The van der Waals surface area contributed by atoms with Crippen molar-refractivity contribution in [2.45, 2.75) is 20.8 Å². The summed E-state index contributed by atoms with van der Waals surface area (Å²) in [6.07, 6.45) is 1.83. The molecule has 162 valence electrons. The fraction of sp³-hybridized carbons (Fsp3) is 0.318. The summed E-state index contributed by atoms with van der Waals surface area (Å²) in [5.74, 6) is -0.378. The third-order valence-electron chi connectivity index (χ3n) is 5.60. The first-order valence-electron chi connectivity index (χ1n) is 10.0. The van der Waals surface area contributed by atoms with E-state index in [1.807, 2.05) is 20.0 Å². The number of benzene rings is 1. The molecule has 1 saturated heterocycles. The molecule has 0 bridgehead atoms. The van der Waals surface area contributed by atoms with Gasteiger partial charge in [0.05, 0.1) is 11.4 Å². The predicted molar refractivity (Wildman–Crippen MR) is 115 cm³/mol. The lowest BCUT2D eigenvalue weighted by molar-refractivity contribution is 0.0746. The minimum Gasteiger partial charge on any atom is -0.493 e. The van der Waals surface area contributed by atoms with Gasteiger partial charge in [-0.25, -0.2) is 14.2 Å². The van der Waals surface area contributed by atoms with Crippen LogP contribution in [0.3, 0.4) is 0 Å². The van der Waals surface area contributed by atoms with Gasteiger partial charge < -0.3 is 14.9 Å². The number of pyridine rings is 1. The highest BCUT2D eigenvalue weighted by atomic mass is 19.1. The molecule has 4 rings (SSSR count). The zero-order valence-corrected chi connectivity index (χ0v) is 17.6. The number of nitrogens with one attached hydrogen (secondary N) is 1. The molecule has 2 aromatic heterocycles. The number of anilines is 1. The van der Waals surface area contributed by atoms with Crippen LogP contribution < -0.4 is 10.6 Å². The minimum absolute atomic E-state index is 0.0265. The van der Waals surface area contributed by atoms with E-state index in [-0.39, 0.29) is 28.7 Å². The second-order valence-corrected chi connectivity index (χ2v) is 7.80. The van der Waals surface area contributed by atoms with Crippen LogP contribution >= 0.6 is 0 Å². The van der Waals surface area contributed by atoms with Gasteiger partial charge in [0, 0.05) is 37.9 Å². The average Bonchev–Trinajstić information content (AvgIpc) is 2.99. The maximum atomic E-state index is 14.8. The minimum atomic E-state index is -0.715. The van der Waals surface area contributed by atoms with Gasteiger partial charge in [-0.05, 0) is 50.1 Å². The number of carbonyl (C=O) groups is 1. The lowest BCUT2D eigenvalue weighted by atomic mass is 10.1. The van der Waals surface area contributed by atoms with Crippen LogP contribution in [-0.4, -0.2) is 56.6 Å². The topological polar surface area (TPSA) is 94.5 Å². The highest BCUT2D eigenvalue weighted by Gasteiger charge is 2.25.